The Morgan fingerprint density at radius 1 is 1.25 bits per heavy atom. The fourth-order valence-electron chi connectivity index (χ4n) is 2.65. The first kappa shape index (κ1) is 11.9. The second-order valence-corrected chi connectivity index (χ2v) is 4.99. The van der Waals surface area contributed by atoms with E-state index in [0.29, 0.717) is 5.92 Å². The van der Waals surface area contributed by atoms with Crippen LogP contribution in [0.15, 0.2) is 0 Å². The largest absolute Gasteiger partial charge is 0.381 e. The molecular formula is C12H22N2O2. The van der Waals surface area contributed by atoms with E-state index >= 15 is 0 Å². The molecule has 2 unspecified atom stereocenters. The lowest BCUT2D eigenvalue weighted by atomic mass is 9.98. The maximum absolute atomic E-state index is 11.9. The molecule has 0 aromatic carbocycles. The Balaban J connectivity index is 1.70. The summed E-state index contributed by atoms with van der Waals surface area (Å²) in [6, 6.07) is 0.287. The molecular weight excluding hydrogens is 204 g/mol. The van der Waals surface area contributed by atoms with Gasteiger partial charge in [-0.1, -0.05) is 6.42 Å². The van der Waals surface area contributed by atoms with Crippen molar-refractivity contribution in [3.8, 4) is 0 Å². The number of rotatable bonds is 3. The number of carbonyl (C=O) groups excluding carboxylic acids is 1. The minimum atomic E-state index is 0.159. The molecule has 2 rings (SSSR count). The quantitative estimate of drug-likeness (QED) is 0.743. The Morgan fingerprint density at radius 2 is 2.00 bits per heavy atom. The molecule has 1 aliphatic carbocycles. The molecule has 1 amide bonds. The third-order valence-corrected chi connectivity index (χ3v) is 3.85. The molecule has 0 bridgehead atoms. The smallest absolute Gasteiger partial charge is 0.223 e. The average Bonchev–Trinajstić information content (AvgIpc) is 2.73. The Bertz CT molecular complexity index is 239. The van der Waals surface area contributed by atoms with Gasteiger partial charge in [0.25, 0.3) is 0 Å². The van der Waals surface area contributed by atoms with Crippen LogP contribution in [-0.2, 0) is 9.53 Å². The van der Waals surface area contributed by atoms with Gasteiger partial charge in [0, 0.05) is 31.7 Å². The highest BCUT2D eigenvalue weighted by Crippen LogP contribution is 2.23. The monoisotopic (exact) mass is 226 g/mol. The highest BCUT2D eigenvalue weighted by Gasteiger charge is 2.26. The summed E-state index contributed by atoms with van der Waals surface area (Å²) >= 11 is 0. The Labute approximate surface area is 96.9 Å². The van der Waals surface area contributed by atoms with Crippen molar-refractivity contribution in [3.05, 3.63) is 0 Å². The molecule has 16 heavy (non-hydrogen) atoms. The normalized spacial score (nSPS) is 31.6. The van der Waals surface area contributed by atoms with Crippen molar-refractivity contribution in [2.75, 3.05) is 19.8 Å². The molecule has 2 fully saturated rings. The highest BCUT2D eigenvalue weighted by molar-refractivity contribution is 5.78. The van der Waals surface area contributed by atoms with Gasteiger partial charge in [0.15, 0.2) is 0 Å². The molecule has 2 aliphatic rings. The third-order valence-electron chi connectivity index (χ3n) is 3.85. The van der Waals surface area contributed by atoms with Gasteiger partial charge in [-0.25, -0.2) is 0 Å². The number of amides is 1. The van der Waals surface area contributed by atoms with Crippen molar-refractivity contribution < 1.29 is 9.53 Å². The van der Waals surface area contributed by atoms with Crippen LogP contribution in [0.3, 0.4) is 0 Å². The van der Waals surface area contributed by atoms with Crippen molar-refractivity contribution in [1.82, 2.24) is 5.32 Å². The predicted molar refractivity (Wildman–Crippen MR) is 61.9 cm³/mol. The van der Waals surface area contributed by atoms with E-state index in [-0.39, 0.29) is 17.9 Å². The second kappa shape index (κ2) is 5.64. The van der Waals surface area contributed by atoms with E-state index in [0.717, 1.165) is 45.4 Å². The lowest BCUT2D eigenvalue weighted by molar-refractivity contribution is -0.128. The van der Waals surface area contributed by atoms with Gasteiger partial charge in [-0.2, -0.15) is 0 Å². The summed E-state index contributed by atoms with van der Waals surface area (Å²) < 4.78 is 5.24. The van der Waals surface area contributed by atoms with E-state index in [2.05, 4.69) is 5.32 Å². The summed E-state index contributed by atoms with van der Waals surface area (Å²) in [4.78, 5) is 11.9. The summed E-state index contributed by atoms with van der Waals surface area (Å²) in [6.07, 6.45) is 5.21. The molecule has 4 heteroatoms. The number of hydrogen-bond donors (Lipinski definition) is 2. The minimum Gasteiger partial charge on any atom is -0.381 e. The lowest BCUT2D eigenvalue weighted by Gasteiger charge is -2.23. The number of nitrogens with one attached hydrogen (secondary N) is 1. The molecule has 0 aromatic rings. The van der Waals surface area contributed by atoms with Crippen molar-refractivity contribution in [2.24, 2.45) is 17.6 Å². The molecule has 0 radical (unpaired) electrons. The van der Waals surface area contributed by atoms with Crippen LogP contribution in [0.25, 0.3) is 0 Å². The summed E-state index contributed by atoms with van der Waals surface area (Å²) in [6.45, 7) is 2.21. The van der Waals surface area contributed by atoms with E-state index in [1.807, 2.05) is 0 Å². The highest BCUT2D eigenvalue weighted by atomic mass is 16.5. The van der Waals surface area contributed by atoms with Gasteiger partial charge in [0.05, 0.1) is 0 Å². The van der Waals surface area contributed by atoms with Gasteiger partial charge in [-0.15, -0.1) is 0 Å². The molecule has 1 aliphatic heterocycles. The molecule has 0 spiro atoms. The number of hydrogen-bond acceptors (Lipinski definition) is 3. The molecule has 4 nitrogen and oxygen atoms in total. The van der Waals surface area contributed by atoms with E-state index in [4.69, 9.17) is 10.5 Å². The molecule has 1 heterocycles. The average molecular weight is 226 g/mol. The first-order chi connectivity index (χ1) is 7.77. The van der Waals surface area contributed by atoms with Crippen LogP contribution in [-0.4, -0.2) is 31.7 Å². The van der Waals surface area contributed by atoms with Crippen LogP contribution >= 0.6 is 0 Å². The third kappa shape index (κ3) is 2.95. The SMILES string of the molecule is NC1CCCC1CNC(=O)C1CCOCC1. The van der Waals surface area contributed by atoms with Crippen LogP contribution in [0.4, 0.5) is 0 Å². The minimum absolute atomic E-state index is 0.159. The zero-order chi connectivity index (χ0) is 11.4. The van der Waals surface area contributed by atoms with Gasteiger partial charge >= 0.3 is 0 Å². The van der Waals surface area contributed by atoms with Crippen molar-refractivity contribution in [3.63, 3.8) is 0 Å². The van der Waals surface area contributed by atoms with Crippen molar-refractivity contribution in [2.45, 2.75) is 38.1 Å². The number of nitrogens with two attached hydrogens (primary N) is 1. The summed E-state index contributed by atoms with van der Waals surface area (Å²) in [5.41, 5.74) is 5.97. The van der Waals surface area contributed by atoms with E-state index in [1.54, 1.807) is 0 Å². The standard InChI is InChI=1S/C12H22N2O2/c13-11-3-1-2-10(11)8-14-12(15)9-4-6-16-7-5-9/h9-11H,1-8,13H2,(H,14,15). The molecule has 2 atom stereocenters. The van der Waals surface area contributed by atoms with E-state index in [9.17, 15) is 4.79 Å². The summed E-state index contributed by atoms with van der Waals surface area (Å²) in [5.74, 6) is 0.845. The summed E-state index contributed by atoms with van der Waals surface area (Å²) in [7, 11) is 0. The van der Waals surface area contributed by atoms with Gasteiger partial charge in [-0.3, -0.25) is 4.79 Å². The first-order valence-corrected chi connectivity index (χ1v) is 6.38. The molecule has 1 saturated heterocycles. The Morgan fingerprint density at radius 3 is 2.62 bits per heavy atom. The Hall–Kier alpha value is -0.610. The summed E-state index contributed by atoms with van der Waals surface area (Å²) in [5, 5.41) is 3.05. The van der Waals surface area contributed by atoms with E-state index < -0.39 is 0 Å². The van der Waals surface area contributed by atoms with Gasteiger partial charge in [0.1, 0.15) is 0 Å². The molecule has 92 valence electrons. The maximum Gasteiger partial charge on any atom is 0.223 e. The van der Waals surface area contributed by atoms with Gasteiger partial charge < -0.3 is 15.8 Å². The van der Waals surface area contributed by atoms with Crippen LogP contribution in [0.1, 0.15) is 32.1 Å². The van der Waals surface area contributed by atoms with Crippen LogP contribution in [0.5, 0.6) is 0 Å². The number of ether oxygens (including phenoxy) is 1. The zero-order valence-electron chi connectivity index (χ0n) is 9.78. The number of carbonyl (C=O) groups is 1. The maximum atomic E-state index is 11.9. The fraction of sp³-hybridized carbons (Fsp3) is 0.917. The topological polar surface area (TPSA) is 64.3 Å². The molecule has 0 aromatic heterocycles. The predicted octanol–water partition coefficient (Wildman–Crippen LogP) is 0.657. The van der Waals surface area contributed by atoms with Crippen LogP contribution in [0.2, 0.25) is 0 Å². The molecule has 3 N–H and O–H groups in total. The zero-order valence-corrected chi connectivity index (χ0v) is 9.78. The van der Waals surface area contributed by atoms with Gasteiger partial charge in [-0.05, 0) is 31.6 Å². The molecule has 1 saturated carbocycles. The second-order valence-electron chi connectivity index (χ2n) is 4.99. The van der Waals surface area contributed by atoms with Gasteiger partial charge in [0.2, 0.25) is 5.91 Å². The Kier molecular flexibility index (Phi) is 4.18. The van der Waals surface area contributed by atoms with Crippen molar-refractivity contribution in [1.29, 1.82) is 0 Å². The van der Waals surface area contributed by atoms with Crippen LogP contribution < -0.4 is 11.1 Å². The van der Waals surface area contributed by atoms with Crippen molar-refractivity contribution >= 4 is 5.91 Å². The lowest BCUT2D eigenvalue weighted by Crippen LogP contribution is -2.40. The first-order valence-electron chi connectivity index (χ1n) is 6.38. The van der Waals surface area contributed by atoms with Crippen LogP contribution in [0, 0.1) is 11.8 Å². The fourth-order valence-corrected chi connectivity index (χ4v) is 2.65. The van der Waals surface area contributed by atoms with E-state index in [1.165, 1.54) is 6.42 Å².